The minimum atomic E-state index is -5.80. The van der Waals surface area contributed by atoms with Gasteiger partial charge in [0.1, 0.15) is 17.7 Å². The van der Waals surface area contributed by atoms with Gasteiger partial charge in [-0.2, -0.15) is 32.5 Å². The lowest BCUT2D eigenvalue weighted by Gasteiger charge is -2.41. The van der Waals surface area contributed by atoms with E-state index in [0.717, 1.165) is 0 Å². The maximum absolute atomic E-state index is 14.4. The predicted octanol–water partition coefficient (Wildman–Crippen LogP) is 4.70. The normalized spacial score (nSPS) is 21.2. The minimum absolute atomic E-state index is 0.0433. The first-order valence-corrected chi connectivity index (χ1v) is 7.91. The van der Waals surface area contributed by atoms with Crippen LogP contribution in [0.2, 0.25) is 0 Å². The number of rotatable bonds is 2. The summed E-state index contributed by atoms with van der Waals surface area (Å²) in [5.74, 6) is -5.12. The molecule has 0 aromatic heterocycles. The maximum atomic E-state index is 14.4. The van der Waals surface area contributed by atoms with Gasteiger partial charge in [0.15, 0.2) is 0 Å². The van der Waals surface area contributed by atoms with Gasteiger partial charge in [0.2, 0.25) is 0 Å². The van der Waals surface area contributed by atoms with E-state index in [-0.39, 0.29) is 18.5 Å². The van der Waals surface area contributed by atoms with Crippen LogP contribution in [0.1, 0.15) is 39.5 Å². The van der Waals surface area contributed by atoms with Gasteiger partial charge in [-0.25, -0.2) is 0 Å². The summed E-state index contributed by atoms with van der Waals surface area (Å²) in [5.41, 5.74) is -3.07. The quantitative estimate of drug-likeness (QED) is 0.530. The summed E-state index contributed by atoms with van der Waals surface area (Å²) >= 11 is 0. The van der Waals surface area contributed by atoms with E-state index in [1.165, 1.54) is 12.1 Å². The first kappa shape index (κ1) is 19.2. The zero-order valence-corrected chi connectivity index (χ0v) is 14.0. The van der Waals surface area contributed by atoms with Crippen molar-refractivity contribution in [1.29, 1.82) is 10.5 Å². The average Bonchev–Trinajstić information content (AvgIpc) is 2.99. The van der Waals surface area contributed by atoms with Gasteiger partial charge in [-0.05, 0) is 36.7 Å². The third kappa shape index (κ3) is 3.49. The number of alkyl halides is 5. The first-order valence-electron chi connectivity index (χ1n) is 7.91. The van der Waals surface area contributed by atoms with Crippen LogP contribution >= 0.6 is 0 Å². The zero-order chi connectivity index (χ0) is 19.0. The molecule has 0 amide bonds. The number of nitrogens with zero attached hydrogens (tertiary/aromatic N) is 3. The van der Waals surface area contributed by atoms with Gasteiger partial charge in [0.05, 0.1) is 5.57 Å². The molecule has 1 heterocycles. The minimum Gasteiger partial charge on any atom is -0.374 e. The molecule has 0 aromatic carbocycles. The molecule has 25 heavy (non-hydrogen) atoms. The molecule has 0 bridgehead atoms. The van der Waals surface area contributed by atoms with Crippen molar-refractivity contribution in [1.82, 2.24) is 4.90 Å². The number of allylic oxidation sites excluding steroid dienone is 4. The van der Waals surface area contributed by atoms with Crippen molar-refractivity contribution >= 4 is 0 Å². The Balaban J connectivity index is 2.83. The van der Waals surface area contributed by atoms with Gasteiger partial charge >= 0.3 is 12.1 Å². The van der Waals surface area contributed by atoms with Gasteiger partial charge in [-0.15, -0.1) is 0 Å². The second kappa shape index (κ2) is 6.33. The summed E-state index contributed by atoms with van der Waals surface area (Å²) in [5, 5.41) is 18.2. The fourth-order valence-electron chi connectivity index (χ4n) is 3.49. The second-order valence-electron chi connectivity index (χ2n) is 7.18. The third-order valence-electron chi connectivity index (χ3n) is 4.57. The lowest BCUT2D eigenvalue weighted by atomic mass is 9.71. The molecule has 2 aliphatic rings. The molecule has 3 nitrogen and oxygen atoms in total. The highest BCUT2D eigenvalue weighted by Gasteiger charge is 2.63. The van der Waals surface area contributed by atoms with E-state index in [0.29, 0.717) is 25.9 Å². The van der Waals surface area contributed by atoms with E-state index >= 15 is 0 Å². The van der Waals surface area contributed by atoms with Gasteiger partial charge < -0.3 is 4.90 Å². The number of likely N-dealkylation sites (tertiary alicyclic amines) is 1. The van der Waals surface area contributed by atoms with Crippen molar-refractivity contribution < 1.29 is 22.0 Å². The molecule has 0 saturated carbocycles. The molecule has 2 rings (SSSR count). The van der Waals surface area contributed by atoms with E-state index in [4.69, 9.17) is 10.5 Å². The van der Waals surface area contributed by atoms with Crippen LogP contribution < -0.4 is 0 Å². The van der Waals surface area contributed by atoms with Crippen LogP contribution in [0, 0.1) is 28.1 Å². The van der Waals surface area contributed by atoms with Crippen LogP contribution in [-0.2, 0) is 0 Å². The van der Waals surface area contributed by atoms with E-state index in [2.05, 4.69) is 0 Å². The molecule has 0 spiro atoms. The standard InChI is InChI=1S/C17H18F5N3/c1-15(2)7-12(11(9-23)10-24)14(16(18,19)17(20,21)22)13(8-15)25-5-3-4-6-25/h3-8H2,1-2H3. The molecular formula is C17H18F5N3. The Morgan fingerprint density at radius 2 is 1.52 bits per heavy atom. The summed E-state index contributed by atoms with van der Waals surface area (Å²) in [6, 6.07) is 2.98. The Hall–Kier alpha value is -2.09. The second-order valence-corrected chi connectivity index (χ2v) is 7.18. The summed E-state index contributed by atoms with van der Waals surface area (Å²) in [6.45, 7) is 4.26. The highest BCUT2D eigenvalue weighted by molar-refractivity contribution is 5.55. The van der Waals surface area contributed by atoms with Crippen molar-refractivity contribution in [2.24, 2.45) is 5.41 Å². The van der Waals surface area contributed by atoms with Crippen LogP contribution in [0.15, 0.2) is 22.4 Å². The summed E-state index contributed by atoms with van der Waals surface area (Å²) in [4.78, 5) is 1.54. The Morgan fingerprint density at radius 3 is 1.96 bits per heavy atom. The number of hydrogen-bond donors (Lipinski definition) is 0. The fourth-order valence-corrected chi connectivity index (χ4v) is 3.49. The molecule has 0 aromatic rings. The van der Waals surface area contributed by atoms with Gasteiger partial charge in [-0.3, -0.25) is 0 Å². The van der Waals surface area contributed by atoms with Gasteiger partial charge in [0.25, 0.3) is 0 Å². The SMILES string of the molecule is CC1(C)CC(=C(C#N)C#N)C(C(F)(F)C(F)(F)F)=C(N2CCCC2)C1. The summed E-state index contributed by atoms with van der Waals surface area (Å²) < 4.78 is 68.2. The first-order chi connectivity index (χ1) is 11.4. The molecular weight excluding hydrogens is 341 g/mol. The smallest absolute Gasteiger partial charge is 0.374 e. The van der Waals surface area contributed by atoms with Crippen molar-refractivity contribution in [3.8, 4) is 12.1 Å². The molecule has 1 saturated heterocycles. The number of halogens is 5. The zero-order valence-electron chi connectivity index (χ0n) is 14.0. The molecule has 1 fully saturated rings. The van der Waals surface area contributed by atoms with E-state index in [1.54, 1.807) is 18.7 Å². The fraction of sp³-hybridized carbons (Fsp3) is 0.647. The van der Waals surface area contributed by atoms with Crippen LogP contribution in [0.4, 0.5) is 22.0 Å². The van der Waals surface area contributed by atoms with E-state index in [1.807, 2.05) is 0 Å². The topological polar surface area (TPSA) is 50.8 Å². The number of hydrogen-bond acceptors (Lipinski definition) is 3. The monoisotopic (exact) mass is 359 g/mol. The summed E-state index contributed by atoms with van der Waals surface area (Å²) in [6.07, 6.45) is -4.52. The predicted molar refractivity (Wildman–Crippen MR) is 80.1 cm³/mol. The van der Waals surface area contributed by atoms with Crippen LogP contribution in [0.3, 0.4) is 0 Å². The maximum Gasteiger partial charge on any atom is 0.458 e. The average molecular weight is 359 g/mol. The third-order valence-corrected chi connectivity index (χ3v) is 4.57. The highest BCUT2D eigenvalue weighted by atomic mass is 19.4. The molecule has 8 heteroatoms. The van der Waals surface area contributed by atoms with Gasteiger partial charge in [0, 0.05) is 18.8 Å². The lowest BCUT2D eigenvalue weighted by molar-refractivity contribution is -0.264. The van der Waals surface area contributed by atoms with Crippen LogP contribution in [-0.4, -0.2) is 30.1 Å². The van der Waals surface area contributed by atoms with E-state index in [9.17, 15) is 22.0 Å². The Bertz CT molecular complexity index is 679. The molecule has 0 atom stereocenters. The highest BCUT2D eigenvalue weighted by Crippen LogP contribution is 2.53. The molecule has 1 aliphatic carbocycles. The largest absolute Gasteiger partial charge is 0.458 e. The molecule has 1 aliphatic heterocycles. The number of nitriles is 2. The van der Waals surface area contributed by atoms with Crippen LogP contribution in [0.25, 0.3) is 0 Å². The Morgan fingerprint density at radius 1 is 1.00 bits per heavy atom. The van der Waals surface area contributed by atoms with Crippen molar-refractivity contribution in [2.75, 3.05) is 13.1 Å². The molecule has 0 unspecified atom stereocenters. The Labute approximate surface area is 143 Å². The Kier molecular flexibility index (Phi) is 4.87. The molecule has 0 radical (unpaired) electrons. The van der Waals surface area contributed by atoms with Crippen LogP contribution in [0.5, 0.6) is 0 Å². The van der Waals surface area contributed by atoms with Crippen molar-refractivity contribution in [3.05, 3.63) is 22.4 Å². The van der Waals surface area contributed by atoms with Gasteiger partial charge in [-0.1, -0.05) is 13.8 Å². The molecule has 0 N–H and O–H groups in total. The molecule has 136 valence electrons. The lowest BCUT2D eigenvalue weighted by Crippen LogP contribution is -2.44. The van der Waals surface area contributed by atoms with E-state index < -0.39 is 34.2 Å². The van der Waals surface area contributed by atoms with Crippen molar-refractivity contribution in [2.45, 2.75) is 51.6 Å². The summed E-state index contributed by atoms with van der Waals surface area (Å²) in [7, 11) is 0. The van der Waals surface area contributed by atoms with Crippen molar-refractivity contribution in [3.63, 3.8) is 0 Å².